The molecule has 0 spiro atoms. The fourth-order valence-corrected chi connectivity index (χ4v) is 2.92. The molecule has 0 aliphatic rings. The Morgan fingerprint density at radius 3 is 1.21 bits per heavy atom. The van der Waals surface area contributed by atoms with Crippen LogP contribution in [0.25, 0.3) is 0 Å². The van der Waals surface area contributed by atoms with E-state index in [2.05, 4.69) is 13.8 Å². The maximum absolute atomic E-state index is 6.38. The van der Waals surface area contributed by atoms with Crippen LogP contribution in [0.3, 0.4) is 0 Å². The third-order valence-corrected chi connectivity index (χ3v) is 4.43. The molecule has 0 aliphatic carbocycles. The molecule has 0 fully saturated rings. The first kappa shape index (κ1) is 19.3. The smallest absolute Gasteiger partial charge is 0.0336 e. The normalized spacial score (nSPS) is 12.8. The molecule has 0 saturated heterocycles. The van der Waals surface area contributed by atoms with E-state index in [1.807, 2.05) is 0 Å². The molecule has 1 heteroatoms. The van der Waals surface area contributed by atoms with Gasteiger partial charge in [-0.2, -0.15) is 0 Å². The quantitative estimate of drug-likeness (QED) is 0.216. The first-order valence-corrected chi connectivity index (χ1v) is 9.39. The zero-order valence-electron chi connectivity index (χ0n) is 13.6. The molecule has 1 atom stereocenters. The van der Waals surface area contributed by atoms with Gasteiger partial charge in [0, 0.05) is 5.38 Å². The van der Waals surface area contributed by atoms with Gasteiger partial charge in [0.25, 0.3) is 0 Å². The molecule has 19 heavy (non-hydrogen) atoms. The number of rotatable bonds is 15. The predicted octanol–water partition coefficient (Wildman–Crippen LogP) is 7.49. The molecule has 0 rings (SSSR count). The van der Waals surface area contributed by atoms with Gasteiger partial charge in [0.2, 0.25) is 0 Å². The average Bonchev–Trinajstić information content (AvgIpc) is 2.41. The topological polar surface area (TPSA) is 0 Å². The molecule has 0 bridgehead atoms. The lowest BCUT2D eigenvalue weighted by Crippen LogP contribution is -1.98. The molecule has 0 aromatic heterocycles. The maximum Gasteiger partial charge on any atom is 0.0336 e. The molecule has 116 valence electrons. The highest BCUT2D eigenvalue weighted by Crippen LogP contribution is 2.18. The van der Waals surface area contributed by atoms with Crippen molar-refractivity contribution in [1.29, 1.82) is 0 Å². The van der Waals surface area contributed by atoms with Crippen LogP contribution in [-0.4, -0.2) is 5.38 Å². The molecule has 0 radical (unpaired) electrons. The summed E-state index contributed by atoms with van der Waals surface area (Å²) in [6.45, 7) is 4.55. The molecule has 0 aromatic rings. The third kappa shape index (κ3) is 16.2. The zero-order valence-corrected chi connectivity index (χ0v) is 14.3. The number of hydrogen-bond acceptors (Lipinski definition) is 0. The Bertz CT molecular complexity index is 156. The second-order valence-electron chi connectivity index (χ2n) is 6.06. The van der Waals surface area contributed by atoms with Crippen molar-refractivity contribution < 1.29 is 0 Å². The van der Waals surface area contributed by atoms with E-state index in [0.717, 1.165) is 0 Å². The summed E-state index contributed by atoms with van der Waals surface area (Å²) in [6, 6.07) is 0. The summed E-state index contributed by atoms with van der Waals surface area (Å²) in [5, 5.41) is 0.446. The highest BCUT2D eigenvalue weighted by molar-refractivity contribution is 6.20. The van der Waals surface area contributed by atoms with Crippen molar-refractivity contribution >= 4 is 11.6 Å². The van der Waals surface area contributed by atoms with Gasteiger partial charge in [-0.15, -0.1) is 11.6 Å². The van der Waals surface area contributed by atoms with Crippen molar-refractivity contribution in [3.8, 4) is 0 Å². The summed E-state index contributed by atoms with van der Waals surface area (Å²) in [4.78, 5) is 0. The largest absolute Gasteiger partial charge is 0.123 e. The van der Waals surface area contributed by atoms with Crippen LogP contribution in [0.4, 0.5) is 0 Å². The molecular weight excluding hydrogens is 252 g/mol. The lowest BCUT2D eigenvalue weighted by Gasteiger charge is -2.09. The van der Waals surface area contributed by atoms with Gasteiger partial charge in [0.05, 0.1) is 0 Å². The average molecular weight is 289 g/mol. The van der Waals surface area contributed by atoms with Crippen LogP contribution < -0.4 is 0 Å². The molecule has 0 heterocycles. The third-order valence-electron chi connectivity index (χ3n) is 3.99. The fraction of sp³-hybridized carbons (Fsp3) is 1.00. The number of unbranched alkanes of at least 4 members (excludes halogenated alkanes) is 11. The molecule has 0 saturated carbocycles. The van der Waals surface area contributed by atoms with Gasteiger partial charge in [-0.1, -0.05) is 97.3 Å². The van der Waals surface area contributed by atoms with Gasteiger partial charge < -0.3 is 0 Å². The summed E-state index contributed by atoms with van der Waals surface area (Å²) in [7, 11) is 0. The lowest BCUT2D eigenvalue weighted by molar-refractivity contribution is 0.535. The van der Waals surface area contributed by atoms with Gasteiger partial charge in [0.1, 0.15) is 0 Å². The summed E-state index contributed by atoms with van der Waals surface area (Å²) in [5.41, 5.74) is 0. The second-order valence-corrected chi connectivity index (χ2v) is 6.68. The maximum atomic E-state index is 6.38. The minimum Gasteiger partial charge on any atom is -0.123 e. The molecule has 1 unspecified atom stereocenters. The standard InChI is InChI=1S/C18H37Cl/c1-3-5-7-9-11-13-15-17-18(19)16-14-12-10-8-6-4-2/h18H,3-17H2,1-2H3. The Hall–Kier alpha value is 0.290. The molecule has 0 amide bonds. The molecule has 0 aromatic carbocycles. The fourth-order valence-electron chi connectivity index (χ4n) is 2.61. The SMILES string of the molecule is CCCCCCCCCC(Cl)CCCCCCCC. The van der Waals surface area contributed by atoms with Gasteiger partial charge in [-0.3, -0.25) is 0 Å². The monoisotopic (exact) mass is 288 g/mol. The van der Waals surface area contributed by atoms with Crippen molar-refractivity contribution in [3.63, 3.8) is 0 Å². The highest BCUT2D eigenvalue weighted by atomic mass is 35.5. The Morgan fingerprint density at radius 1 is 0.526 bits per heavy atom. The number of hydrogen-bond donors (Lipinski definition) is 0. The van der Waals surface area contributed by atoms with Gasteiger partial charge in [0.15, 0.2) is 0 Å². The van der Waals surface area contributed by atoms with E-state index in [0.29, 0.717) is 5.38 Å². The molecule has 0 N–H and O–H groups in total. The van der Waals surface area contributed by atoms with Crippen LogP contribution in [0.1, 0.15) is 110 Å². The van der Waals surface area contributed by atoms with Gasteiger partial charge in [-0.05, 0) is 12.8 Å². The van der Waals surface area contributed by atoms with Gasteiger partial charge in [-0.25, -0.2) is 0 Å². The minimum atomic E-state index is 0.446. The van der Waals surface area contributed by atoms with Crippen molar-refractivity contribution in [2.75, 3.05) is 0 Å². The van der Waals surface area contributed by atoms with E-state index >= 15 is 0 Å². The Balaban J connectivity index is 3.10. The van der Waals surface area contributed by atoms with Crippen molar-refractivity contribution in [1.82, 2.24) is 0 Å². The summed E-state index contributed by atoms with van der Waals surface area (Å²) in [5.74, 6) is 0. The predicted molar refractivity (Wildman–Crippen MR) is 90.2 cm³/mol. The van der Waals surface area contributed by atoms with Crippen molar-refractivity contribution in [2.24, 2.45) is 0 Å². The van der Waals surface area contributed by atoms with E-state index in [4.69, 9.17) is 11.6 Å². The molecule has 0 nitrogen and oxygen atoms in total. The molecular formula is C18H37Cl. The first-order chi connectivity index (χ1) is 9.31. The summed E-state index contributed by atoms with van der Waals surface area (Å²) >= 11 is 6.38. The van der Waals surface area contributed by atoms with E-state index in [1.54, 1.807) is 0 Å². The minimum absolute atomic E-state index is 0.446. The Kier molecular flexibility index (Phi) is 16.6. The van der Waals surface area contributed by atoms with Gasteiger partial charge >= 0.3 is 0 Å². The Labute approximate surface area is 127 Å². The zero-order chi connectivity index (χ0) is 14.2. The summed E-state index contributed by atoms with van der Waals surface area (Å²) in [6.07, 6.45) is 20.6. The highest BCUT2D eigenvalue weighted by Gasteiger charge is 2.03. The summed E-state index contributed by atoms with van der Waals surface area (Å²) < 4.78 is 0. The van der Waals surface area contributed by atoms with Crippen LogP contribution in [0.2, 0.25) is 0 Å². The van der Waals surface area contributed by atoms with E-state index in [-0.39, 0.29) is 0 Å². The van der Waals surface area contributed by atoms with Crippen LogP contribution >= 0.6 is 11.6 Å². The lowest BCUT2D eigenvalue weighted by atomic mass is 10.0. The van der Waals surface area contributed by atoms with Crippen LogP contribution in [0, 0.1) is 0 Å². The first-order valence-electron chi connectivity index (χ1n) is 8.95. The van der Waals surface area contributed by atoms with Crippen LogP contribution in [-0.2, 0) is 0 Å². The Morgan fingerprint density at radius 2 is 0.842 bits per heavy atom. The van der Waals surface area contributed by atoms with Crippen LogP contribution in [0.15, 0.2) is 0 Å². The number of halogens is 1. The van der Waals surface area contributed by atoms with Crippen LogP contribution in [0.5, 0.6) is 0 Å². The van der Waals surface area contributed by atoms with E-state index < -0.39 is 0 Å². The van der Waals surface area contributed by atoms with E-state index in [9.17, 15) is 0 Å². The van der Waals surface area contributed by atoms with E-state index in [1.165, 1.54) is 96.3 Å². The number of alkyl halides is 1. The molecule has 0 aliphatic heterocycles. The van der Waals surface area contributed by atoms with Crippen molar-refractivity contribution in [2.45, 2.75) is 116 Å². The second kappa shape index (κ2) is 16.3. The van der Waals surface area contributed by atoms with Crippen molar-refractivity contribution in [3.05, 3.63) is 0 Å².